The van der Waals surface area contributed by atoms with Crippen LogP contribution in [0.2, 0.25) is 0 Å². The van der Waals surface area contributed by atoms with E-state index in [1.54, 1.807) is 7.11 Å². The van der Waals surface area contributed by atoms with Crippen molar-refractivity contribution in [2.45, 2.75) is 58.0 Å². The first-order valence-electron chi connectivity index (χ1n) is 6.36. The van der Waals surface area contributed by atoms with E-state index in [4.69, 9.17) is 4.74 Å². The van der Waals surface area contributed by atoms with Gasteiger partial charge in [0, 0.05) is 13.7 Å². The van der Waals surface area contributed by atoms with E-state index in [-0.39, 0.29) is 0 Å². The van der Waals surface area contributed by atoms with Crippen LogP contribution < -0.4 is 0 Å². The molecule has 0 aliphatic heterocycles. The maximum Gasteiger partial charge on any atom is 0.0701 e. The van der Waals surface area contributed by atoms with E-state index in [2.05, 4.69) is 13.8 Å². The Labute approximate surface area is 94.0 Å². The minimum atomic E-state index is -0.425. The zero-order valence-corrected chi connectivity index (χ0v) is 10.5. The molecule has 1 rings (SSSR count). The summed E-state index contributed by atoms with van der Waals surface area (Å²) >= 11 is 0. The van der Waals surface area contributed by atoms with Gasteiger partial charge in [0.2, 0.25) is 0 Å². The van der Waals surface area contributed by atoms with Crippen molar-refractivity contribution in [3.05, 3.63) is 0 Å². The van der Waals surface area contributed by atoms with E-state index in [9.17, 15) is 5.11 Å². The van der Waals surface area contributed by atoms with Crippen LogP contribution in [0, 0.1) is 11.8 Å². The molecule has 0 spiro atoms. The van der Waals surface area contributed by atoms with Crippen LogP contribution in [-0.2, 0) is 4.74 Å². The molecule has 0 heterocycles. The van der Waals surface area contributed by atoms with Crippen LogP contribution in [0.3, 0.4) is 0 Å². The molecule has 15 heavy (non-hydrogen) atoms. The molecule has 1 aliphatic carbocycles. The van der Waals surface area contributed by atoms with Gasteiger partial charge in [-0.3, -0.25) is 0 Å². The Bertz CT molecular complexity index is 181. The van der Waals surface area contributed by atoms with Gasteiger partial charge in [0.1, 0.15) is 0 Å². The van der Waals surface area contributed by atoms with Gasteiger partial charge in [0.25, 0.3) is 0 Å². The van der Waals surface area contributed by atoms with Gasteiger partial charge in [-0.25, -0.2) is 0 Å². The molecule has 1 fully saturated rings. The van der Waals surface area contributed by atoms with Crippen LogP contribution in [0.5, 0.6) is 0 Å². The Morgan fingerprint density at radius 3 is 2.80 bits per heavy atom. The molecule has 0 aromatic carbocycles. The van der Waals surface area contributed by atoms with E-state index in [1.165, 1.54) is 19.3 Å². The highest BCUT2D eigenvalue weighted by atomic mass is 16.5. The maximum absolute atomic E-state index is 10.8. The average Bonchev–Trinajstić information content (AvgIpc) is 2.26. The van der Waals surface area contributed by atoms with E-state index >= 15 is 0 Å². The van der Waals surface area contributed by atoms with Crippen molar-refractivity contribution in [1.82, 2.24) is 0 Å². The largest absolute Gasteiger partial charge is 0.389 e. The van der Waals surface area contributed by atoms with Gasteiger partial charge in [0.05, 0.1) is 5.60 Å². The Kier molecular flexibility index (Phi) is 5.07. The molecular formula is C13H26O2. The first kappa shape index (κ1) is 13.0. The quantitative estimate of drug-likeness (QED) is 0.762. The number of hydrogen-bond acceptors (Lipinski definition) is 2. The normalized spacial score (nSPS) is 34.0. The van der Waals surface area contributed by atoms with Crippen LogP contribution in [0.25, 0.3) is 0 Å². The van der Waals surface area contributed by atoms with Crippen LogP contribution in [0.1, 0.15) is 52.4 Å². The first-order chi connectivity index (χ1) is 7.15. The monoisotopic (exact) mass is 214 g/mol. The van der Waals surface area contributed by atoms with Gasteiger partial charge in [-0.05, 0) is 31.1 Å². The fourth-order valence-electron chi connectivity index (χ4n) is 3.00. The molecule has 3 atom stereocenters. The lowest BCUT2D eigenvalue weighted by molar-refractivity contribution is -0.0968. The van der Waals surface area contributed by atoms with Gasteiger partial charge < -0.3 is 9.84 Å². The summed E-state index contributed by atoms with van der Waals surface area (Å²) in [6, 6.07) is 0. The predicted octanol–water partition coefficient (Wildman–Crippen LogP) is 2.99. The average molecular weight is 214 g/mol. The third-order valence-electron chi connectivity index (χ3n) is 4.19. The van der Waals surface area contributed by atoms with Crippen molar-refractivity contribution in [3.63, 3.8) is 0 Å². The third-order valence-corrected chi connectivity index (χ3v) is 4.19. The summed E-state index contributed by atoms with van der Waals surface area (Å²) in [5.74, 6) is 0.862. The molecular weight excluding hydrogens is 188 g/mol. The fourth-order valence-corrected chi connectivity index (χ4v) is 3.00. The third kappa shape index (κ3) is 2.94. The van der Waals surface area contributed by atoms with Crippen molar-refractivity contribution in [2.75, 3.05) is 13.7 Å². The second-order valence-electron chi connectivity index (χ2n) is 5.02. The summed E-state index contributed by atoms with van der Waals surface area (Å²) < 4.78 is 5.11. The SMILES string of the molecule is CCC1CCCCC1(O)C(C)CCOC. The van der Waals surface area contributed by atoms with Gasteiger partial charge in [0.15, 0.2) is 0 Å². The molecule has 0 bridgehead atoms. The van der Waals surface area contributed by atoms with E-state index in [0.29, 0.717) is 11.8 Å². The minimum absolute atomic E-state index is 0.364. The topological polar surface area (TPSA) is 29.5 Å². The molecule has 2 heteroatoms. The van der Waals surface area contributed by atoms with Crippen molar-refractivity contribution < 1.29 is 9.84 Å². The lowest BCUT2D eigenvalue weighted by Gasteiger charge is -2.44. The number of ether oxygens (including phenoxy) is 1. The van der Waals surface area contributed by atoms with Crippen LogP contribution in [0.4, 0.5) is 0 Å². The fraction of sp³-hybridized carbons (Fsp3) is 1.00. The predicted molar refractivity (Wildman–Crippen MR) is 62.9 cm³/mol. The molecule has 2 nitrogen and oxygen atoms in total. The van der Waals surface area contributed by atoms with Gasteiger partial charge in [-0.15, -0.1) is 0 Å². The van der Waals surface area contributed by atoms with Crippen LogP contribution >= 0.6 is 0 Å². The molecule has 3 unspecified atom stereocenters. The van der Waals surface area contributed by atoms with Crippen molar-refractivity contribution >= 4 is 0 Å². The van der Waals surface area contributed by atoms with E-state index in [0.717, 1.165) is 25.9 Å². The molecule has 1 saturated carbocycles. The lowest BCUT2D eigenvalue weighted by atomic mass is 9.67. The Morgan fingerprint density at radius 2 is 2.20 bits per heavy atom. The Balaban J connectivity index is 2.59. The summed E-state index contributed by atoms with van der Waals surface area (Å²) in [6.07, 6.45) is 6.74. The summed E-state index contributed by atoms with van der Waals surface area (Å²) in [6.45, 7) is 5.14. The highest BCUT2D eigenvalue weighted by Gasteiger charge is 2.41. The molecule has 1 aliphatic rings. The van der Waals surface area contributed by atoms with E-state index < -0.39 is 5.60 Å². The molecule has 0 radical (unpaired) electrons. The van der Waals surface area contributed by atoms with Crippen molar-refractivity contribution in [2.24, 2.45) is 11.8 Å². The second kappa shape index (κ2) is 5.86. The molecule has 90 valence electrons. The Morgan fingerprint density at radius 1 is 1.47 bits per heavy atom. The zero-order valence-electron chi connectivity index (χ0n) is 10.5. The van der Waals surface area contributed by atoms with Gasteiger partial charge >= 0.3 is 0 Å². The first-order valence-corrected chi connectivity index (χ1v) is 6.36. The number of aliphatic hydroxyl groups is 1. The smallest absolute Gasteiger partial charge is 0.0701 e. The highest BCUT2D eigenvalue weighted by Crippen LogP contribution is 2.41. The Hall–Kier alpha value is -0.0800. The summed E-state index contributed by atoms with van der Waals surface area (Å²) in [4.78, 5) is 0. The maximum atomic E-state index is 10.8. The van der Waals surface area contributed by atoms with E-state index in [1.807, 2.05) is 0 Å². The molecule has 0 amide bonds. The number of rotatable bonds is 5. The molecule has 1 N–H and O–H groups in total. The zero-order chi connectivity index (χ0) is 11.3. The lowest BCUT2D eigenvalue weighted by Crippen LogP contribution is -2.46. The highest BCUT2D eigenvalue weighted by molar-refractivity contribution is 4.93. The van der Waals surface area contributed by atoms with Gasteiger partial charge in [-0.1, -0.05) is 33.1 Å². The van der Waals surface area contributed by atoms with Crippen molar-refractivity contribution in [3.8, 4) is 0 Å². The summed E-state index contributed by atoms with van der Waals surface area (Å²) in [7, 11) is 1.73. The standard InChI is InChI=1S/C13H26O2/c1-4-12-7-5-6-9-13(12,14)11(2)8-10-15-3/h11-12,14H,4-10H2,1-3H3. The van der Waals surface area contributed by atoms with Crippen LogP contribution in [-0.4, -0.2) is 24.4 Å². The molecule has 0 aromatic heterocycles. The summed E-state index contributed by atoms with van der Waals surface area (Å²) in [5.41, 5.74) is -0.425. The minimum Gasteiger partial charge on any atom is -0.389 e. The second-order valence-corrected chi connectivity index (χ2v) is 5.02. The van der Waals surface area contributed by atoms with Crippen LogP contribution in [0.15, 0.2) is 0 Å². The number of hydrogen-bond donors (Lipinski definition) is 1. The van der Waals surface area contributed by atoms with Crippen molar-refractivity contribution in [1.29, 1.82) is 0 Å². The molecule has 0 saturated heterocycles. The summed E-state index contributed by atoms with van der Waals surface area (Å²) in [5, 5.41) is 10.8. The molecule has 0 aromatic rings. The number of methoxy groups -OCH3 is 1. The van der Waals surface area contributed by atoms with Gasteiger partial charge in [-0.2, -0.15) is 0 Å².